The highest BCUT2D eigenvalue weighted by molar-refractivity contribution is 6.04. The number of esters is 10. The van der Waals surface area contributed by atoms with E-state index in [4.69, 9.17) is 47.4 Å². The molecule has 25 nitrogen and oxygen atoms in total. The number of ketones is 5. The third kappa shape index (κ3) is 34.9. The van der Waals surface area contributed by atoms with Crippen molar-refractivity contribution in [3.8, 4) is 0 Å². The van der Waals surface area contributed by atoms with Gasteiger partial charge in [0.25, 0.3) is 0 Å². The molecule has 5 unspecified atom stereocenters. The summed E-state index contributed by atoms with van der Waals surface area (Å²) in [4.78, 5) is 187. The van der Waals surface area contributed by atoms with E-state index in [0.29, 0.717) is 38.5 Å². The number of carbonyl (C=O) groups excluding carboxylic acids is 15. The SMILES string of the molecule is CC(C)=CCC/C(C)=C/[C@H]1OC(=O)CC12C[C@H](OC(=O)C1CC1)C=CC2=O.CC(C)=CCC/C(C)=C/[C@H]1OC(=O)CC12C[C@H](OC(=O)C1CCC1)C=CC2=O.CC(C)=CCC/C(C)=C/[C@H]1OC(=O)CC12C[C@H](OC(=O)C1CCCC1)C=CC2=O.CC(C)=CCC/C(C)=C/[C@H]1OC(=O)CC12C[C@H](OC(=O)C1CCCCC1)C=CC2=O.CCCCCCCCCCC(=O)O[C@@H]1C=CC(=O)C2(CC(=O)O[C@@H]2/C=C(\C)CCC=C(C)C)C1. The molecule has 5 spiro atoms. The van der Waals surface area contributed by atoms with Crippen LogP contribution in [0.15, 0.2) is 177 Å². The molecule has 5 saturated heterocycles. The molecule has 148 heavy (non-hydrogen) atoms. The minimum atomic E-state index is -0.979. The first kappa shape index (κ1) is 119. The lowest BCUT2D eigenvalue weighted by atomic mass is 9.69. The third-order valence-electron chi connectivity index (χ3n) is 31.1. The zero-order chi connectivity index (χ0) is 108. The monoisotopic (exact) mass is 2050 g/mol. The van der Waals surface area contributed by atoms with E-state index in [1.165, 1.54) is 96.8 Å². The molecule has 0 radical (unpaired) electrons. The minimum absolute atomic E-state index is 0.00134. The van der Waals surface area contributed by atoms with Crippen LogP contribution in [0.1, 0.15) is 387 Å². The first-order valence-electron chi connectivity index (χ1n) is 55.1. The highest BCUT2D eigenvalue weighted by atomic mass is 16.6. The molecule has 4 saturated carbocycles. The summed E-state index contributed by atoms with van der Waals surface area (Å²) in [6.45, 7) is 32.8. The number of hydrogen-bond acceptors (Lipinski definition) is 25. The average Bonchev–Trinajstić information content (AvgIpc) is 1.62. The average molecular weight is 2050 g/mol. The van der Waals surface area contributed by atoms with Crippen molar-refractivity contribution < 1.29 is 119 Å². The number of unbranched alkanes of at least 4 members (excludes halogenated alkanes) is 7. The van der Waals surface area contributed by atoms with Gasteiger partial charge in [-0.15, -0.1) is 0 Å². The van der Waals surface area contributed by atoms with Crippen molar-refractivity contribution in [2.24, 2.45) is 50.7 Å². The fourth-order valence-corrected chi connectivity index (χ4v) is 21.9. The Balaban J connectivity index is 0.000000190. The lowest BCUT2D eigenvalue weighted by Crippen LogP contribution is -2.44. The van der Waals surface area contributed by atoms with Crippen LogP contribution in [0.4, 0.5) is 0 Å². The van der Waals surface area contributed by atoms with Crippen molar-refractivity contribution in [1.82, 2.24) is 0 Å². The molecule has 15 atom stereocenters. The molecule has 0 bridgehead atoms. The first-order valence-corrected chi connectivity index (χ1v) is 55.1. The van der Waals surface area contributed by atoms with Crippen LogP contribution < -0.4 is 0 Å². The predicted molar refractivity (Wildman–Crippen MR) is 566 cm³/mol. The van der Waals surface area contributed by atoms with E-state index >= 15 is 0 Å². The van der Waals surface area contributed by atoms with Crippen LogP contribution in [0.2, 0.25) is 0 Å². The second-order valence-corrected chi connectivity index (χ2v) is 45.4. The summed E-state index contributed by atoms with van der Waals surface area (Å²) in [6, 6.07) is 0. The smallest absolute Gasteiger partial charge is 0.309 e. The fourth-order valence-electron chi connectivity index (χ4n) is 21.9. The lowest BCUT2D eigenvalue weighted by Gasteiger charge is -2.35. The van der Waals surface area contributed by atoms with E-state index in [2.05, 4.69) is 107 Å². The van der Waals surface area contributed by atoms with Gasteiger partial charge in [-0.2, -0.15) is 0 Å². The van der Waals surface area contributed by atoms with Gasteiger partial charge in [-0.3, -0.25) is 71.9 Å². The molecule has 0 aromatic heterocycles. The van der Waals surface area contributed by atoms with E-state index in [1.807, 2.05) is 65.0 Å². The number of cyclic esters (lactones) is 5. The summed E-state index contributed by atoms with van der Waals surface area (Å²) >= 11 is 0. The van der Waals surface area contributed by atoms with E-state index in [0.717, 1.165) is 195 Å². The van der Waals surface area contributed by atoms with Crippen molar-refractivity contribution in [1.29, 1.82) is 0 Å². The summed E-state index contributed by atoms with van der Waals surface area (Å²) in [5.74, 6) is -3.52. The predicted octanol–water partition coefficient (Wildman–Crippen LogP) is 24.6. The standard InChI is InChI=1S/C29H44O5.C25H34O5.C24H32O5.C23H30O5.C22H28O5/c1-5-6-7-8-9-10-11-12-16-27(31)33-24-17-18-25(30)29(20-24)21-28(32)34-26(29)19-23(4)15-13-14-22(2)3;1-17(2)8-7-9-18(3)14-22-25(16-23(27)30-22)15-20(12-13-21(25)26)29-24(28)19-10-5-4-6-11-19;1-16(2)7-6-8-17(3)13-21-24(15-22(26)29-21)14-19(11-12-20(24)25)28-23(27)18-9-4-5-10-18;1-15(2)6-4-7-16(3)12-20-23(14-21(25)28-20)13-18(10-11-19(23)24)27-22(26)17-8-5-9-17;1-14(2)5-4-6-15(3)11-19-22(13-20(24)27-19)12-17(9-10-18(22)23)26-21(25)16-7-8-16/h14,17-19,24,26H,5-13,15-16,20-21H2,1-4H3;8,12-14,19-20,22H,4-7,9-11,15-16H2,1-3H3;7,11-13,18-19,21H,4-6,8-10,14-15H2,1-3H3;6,10-12,17-18,20H,4-5,7-9,13-14H2,1-3H3;5,9-11,16-17,19H,4,6-8,12-13H2,1-3H3/b23-19+;18-14+;17-13+;16-12+;15-11+/t24-,26-,29?;20-,22-,25?;19-,21-,24?;18-,20-,23?;17-,19-,22?/m11111/s1. The normalized spacial score (nSPS) is 28.8. The van der Waals surface area contributed by atoms with Gasteiger partial charge in [0.1, 0.15) is 61.0 Å². The maximum Gasteiger partial charge on any atom is 0.309 e. The van der Waals surface area contributed by atoms with Crippen LogP contribution in [-0.2, 0) is 119 Å². The number of carbonyl (C=O) groups is 15. The van der Waals surface area contributed by atoms with Crippen LogP contribution >= 0.6 is 0 Å². The molecule has 25 heteroatoms. The Labute approximate surface area is 878 Å². The Morgan fingerprint density at radius 1 is 0.270 bits per heavy atom. The van der Waals surface area contributed by atoms with Crippen molar-refractivity contribution in [2.45, 2.75) is 448 Å². The third-order valence-corrected chi connectivity index (χ3v) is 31.1. The molecular formula is C123H168O25. The quantitative estimate of drug-likeness (QED) is 0.0240. The molecule has 9 fully saturated rings. The number of allylic oxidation sites excluding steroid dienone is 20. The second kappa shape index (κ2) is 56.9. The van der Waals surface area contributed by atoms with E-state index in [1.54, 1.807) is 30.4 Å². The Morgan fingerprint density at radius 2 is 0.480 bits per heavy atom. The minimum Gasteiger partial charge on any atom is -0.458 e. The van der Waals surface area contributed by atoms with Crippen molar-refractivity contribution in [3.63, 3.8) is 0 Å². The molecule has 0 amide bonds. The van der Waals surface area contributed by atoms with E-state index < -0.39 is 88.1 Å². The van der Waals surface area contributed by atoms with Crippen molar-refractivity contribution in [2.75, 3.05) is 0 Å². The van der Waals surface area contributed by atoms with Crippen LogP contribution in [0.3, 0.4) is 0 Å². The molecule has 0 aromatic rings. The highest BCUT2D eigenvalue weighted by Crippen LogP contribution is 2.52. The van der Waals surface area contributed by atoms with Gasteiger partial charge in [0.15, 0.2) is 28.9 Å². The molecule has 5 aliphatic heterocycles. The number of rotatable bonds is 38. The van der Waals surface area contributed by atoms with Gasteiger partial charge in [0.2, 0.25) is 0 Å². The Bertz CT molecular complexity index is 5240. The van der Waals surface area contributed by atoms with E-state index in [-0.39, 0.29) is 144 Å². The summed E-state index contributed by atoms with van der Waals surface area (Å²) in [5, 5.41) is 0. The van der Waals surface area contributed by atoms with Gasteiger partial charge in [-0.25, -0.2) is 0 Å². The van der Waals surface area contributed by atoms with Gasteiger partial charge in [0.05, 0.1) is 82.9 Å². The van der Waals surface area contributed by atoms with E-state index in [9.17, 15) is 71.9 Å². The molecule has 0 aromatic carbocycles. The summed E-state index contributed by atoms with van der Waals surface area (Å²) in [5.41, 5.74) is 6.91. The van der Waals surface area contributed by atoms with Crippen LogP contribution in [0, 0.1) is 50.7 Å². The van der Waals surface area contributed by atoms with Gasteiger partial charge in [0, 0.05) is 38.5 Å². The number of hydrogen-bond donors (Lipinski definition) is 0. The van der Waals surface area contributed by atoms with Crippen molar-refractivity contribution in [3.05, 3.63) is 177 Å². The summed E-state index contributed by atoms with van der Waals surface area (Å²) in [6.07, 6.45) is 64.2. The second-order valence-electron chi connectivity index (χ2n) is 45.4. The Hall–Kier alpha value is -10.9. The van der Waals surface area contributed by atoms with Crippen molar-refractivity contribution >= 4 is 88.6 Å². The zero-order valence-corrected chi connectivity index (χ0v) is 91.2. The molecule has 0 N–H and O–H groups in total. The molecule has 9 aliphatic carbocycles. The molecule has 14 aliphatic rings. The Kier molecular flexibility index (Phi) is 45.7. The van der Waals surface area contributed by atoms with Crippen LogP contribution in [0.5, 0.6) is 0 Å². The maximum absolute atomic E-state index is 12.9. The van der Waals surface area contributed by atoms with Crippen LogP contribution in [-0.4, -0.2) is 150 Å². The fraction of sp³-hybridized carbons (Fsp3) is 0.634. The van der Waals surface area contributed by atoms with Gasteiger partial charge < -0.3 is 47.4 Å². The Morgan fingerprint density at radius 3 is 0.696 bits per heavy atom. The highest BCUT2D eigenvalue weighted by Gasteiger charge is 2.61. The van der Waals surface area contributed by atoms with Gasteiger partial charge in [-0.05, 0) is 317 Å². The lowest BCUT2D eigenvalue weighted by molar-refractivity contribution is -0.158. The molecule has 810 valence electrons. The molecule has 14 rings (SSSR count). The van der Waals surface area contributed by atoms with Gasteiger partial charge >= 0.3 is 59.7 Å². The summed E-state index contributed by atoms with van der Waals surface area (Å²) in [7, 11) is 0. The largest absolute Gasteiger partial charge is 0.458 e. The van der Waals surface area contributed by atoms with Crippen LogP contribution in [0.25, 0.3) is 0 Å². The molecule has 5 heterocycles. The number of ether oxygens (including phenoxy) is 10. The first-order chi connectivity index (χ1) is 70.5. The summed E-state index contributed by atoms with van der Waals surface area (Å²) < 4.78 is 56.1. The van der Waals surface area contributed by atoms with Gasteiger partial charge in [-0.1, -0.05) is 177 Å². The maximum atomic E-state index is 12.9. The zero-order valence-electron chi connectivity index (χ0n) is 91.2. The topological polar surface area (TPSA) is 348 Å². The molecular weight excluding hydrogens is 1880 g/mol.